The van der Waals surface area contributed by atoms with Crippen molar-refractivity contribution < 1.29 is 22.9 Å². The Kier molecular flexibility index (Phi) is 5.81. The van der Waals surface area contributed by atoms with Crippen molar-refractivity contribution in [3.63, 3.8) is 0 Å². The largest absolute Gasteiger partial charge is 0.496 e. The molecule has 1 amide bonds. The summed E-state index contributed by atoms with van der Waals surface area (Å²) in [5, 5.41) is 15.6. The summed E-state index contributed by atoms with van der Waals surface area (Å²) >= 11 is 0. The summed E-state index contributed by atoms with van der Waals surface area (Å²) in [6.45, 7) is 0.192. The van der Waals surface area contributed by atoms with Crippen molar-refractivity contribution in [1.82, 2.24) is 4.31 Å². The molecule has 3 aromatic rings. The smallest absolute Gasteiger partial charge is 0.296 e. The predicted octanol–water partition coefficient (Wildman–Crippen LogP) is 3.55. The second kappa shape index (κ2) is 8.56. The van der Waals surface area contributed by atoms with Crippen LogP contribution in [0.15, 0.2) is 65.6 Å². The van der Waals surface area contributed by atoms with Crippen molar-refractivity contribution in [2.75, 3.05) is 19.0 Å². The number of nitro groups is 1. The van der Waals surface area contributed by atoms with Crippen molar-refractivity contribution in [3.8, 4) is 5.75 Å². The lowest BCUT2D eigenvalue weighted by Crippen LogP contribution is -2.43. The first-order valence-corrected chi connectivity index (χ1v) is 11.4. The minimum Gasteiger partial charge on any atom is -0.496 e. The second-order valence-corrected chi connectivity index (χ2v) is 9.30. The van der Waals surface area contributed by atoms with Crippen molar-refractivity contribution in [3.05, 3.63) is 70.8 Å². The monoisotopic (exact) mass is 455 g/mol. The third-order valence-corrected chi connectivity index (χ3v) is 7.40. The summed E-state index contributed by atoms with van der Waals surface area (Å²) in [6, 6.07) is 15.3. The highest BCUT2D eigenvalue weighted by Crippen LogP contribution is 2.32. The summed E-state index contributed by atoms with van der Waals surface area (Å²) < 4.78 is 32.8. The van der Waals surface area contributed by atoms with Crippen LogP contribution in [0.2, 0.25) is 0 Å². The number of hydrogen-bond donors (Lipinski definition) is 1. The molecule has 1 saturated heterocycles. The standard InChI is InChI=1S/C22H21N3O6S/c1-31-17-9-11-19(21(14-17)25(27)28)23-22(26)20-7-4-12-24(20)32(29,30)18-10-8-15-5-2-3-6-16(15)13-18/h2-3,5-6,8-11,13-14,20H,4,7,12H2,1H3,(H,23,26). The molecule has 166 valence electrons. The number of methoxy groups -OCH3 is 1. The van der Waals surface area contributed by atoms with E-state index in [-0.39, 0.29) is 28.6 Å². The van der Waals surface area contributed by atoms with E-state index < -0.39 is 26.9 Å². The third kappa shape index (κ3) is 4.02. The van der Waals surface area contributed by atoms with Crippen molar-refractivity contribution in [2.45, 2.75) is 23.8 Å². The fourth-order valence-electron chi connectivity index (χ4n) is 3.86. The molecular weight excluding hydrogens is 434 g/mol. The Labute approximate surface area is 184 Å². The van der Waals surface area contributed by atoms with Crippen LogP contribution in [0.4, 0.5) is 11.4 Å². The maximum Gasteiger partial charge on any atom is 0.296 e. The molecule has 0 spiro atoms. The van der Waals surface area contributed by atoms with Gasteiger partial charge >= 0.3 is 0 Å². The summed E-state index contributed by atoms with van der Waals surface area (Å²) in [5.41, 5.74) is -0.351. The first kappa shape index (κ1) is 21.7. The van der Waals surface area contributed by atoms with Crippen LogP contribution in [0.3, 0.4) is 0 Å². The van der Waals surface area contributed by atoms with Crippen LogP contribution >= 0.6 is 0 Å². The van der Waals surface area contributed by atoms with Gasteiger partial charge in [-0.1, -0.05) is 30.3 Å². The molecule has 0 radical (unpaired) electrons. The van der Waals surface area contributed by atoms with Crippen molar-refractivity contribution >= 4 is 38.1 Å². The summed E-state index contributed by atoms with van der Waals surface area (Å²) in [4.78, 5) is 23.8. The Morgan fingerprint density at radius 1 is 1.12 bits per heavy atom. The SMILES string of the molecule is COc1ccc(NC(=O)C2CCCN2S(=O)(=O)c2ccc3ccccc3c2)c([N+](=O)[O-])c1. The molecule has 0 aromatic heterocycles. The first-order valence-electron chi connectivity index (χ1n) is 9.95. The Morgan fingerprint density at radius 3 is 2.59 bits per heavy atom. The lowest BCUT2D eigenvalue weighted by Gasteiger charge is -2.23. The number of carbonyl (C=O) groups excluding carboxylic acids is 1. The number of sulfonamides is 1. The number of hydrogen-bond acceptors (Lipinski definition) is 6. The molecule has 1 N–H and O–H groups in total. The van der Waals surface area contributed by atoms with Crippen LogP contribution < -0.4 is 10.1 Å². The van der Waals surface area contributed by atoms with E-state index in [0.29, 0.717) is 12.8 Å². The van der Waals surface area contributed by atoms with Crippen LogP contribution in [0.5, 0.6) is 5.75 Å². The Balaban J connectivity index is 1.61. The van der Waals surface area contributed by atoms with Gasteiger partial charge < -0.3 is 10.1 Å². The zero-order chi connectivity index (χ0) is 22.9. The minimum atomic E-state index is -3.94. The molecule has 1 atom stereocenters. The van der Waals surface area contributed by atoms with Crippen molar-refractivity contribution in [2.24, 2.45) is 0 Å². The highest BCUT2D eigenvalue weighted by atomic mass is 32.2. The molecule has 1 aliphatic heterocycles. The average Bonchev–Trinajstić information content (AvgIpc) is 3.30. The molecule has 1 unspecified atom stereocenters. The van der Waals surface area contributed by atoms with Crippen LogP contribution in [0.1, 0.15) is 12.8 Å². The molecule has 1 aliphatic rings. The van der Waals surface area contributed by atoms with Crippen LogP contribution in [0, 0.1) is 10.1 Å². The topological polar surface area (TPSA) is 119 Å². The van der Waals surface area contributed by atoms with Gasteiger partial charge in [0.2, 0.25) is 15.9 Å². The van der Waals surface area contributed by atoms with E-state index in [1.54, 1.807) is 12.1 Å². The van der Waals surface area contributed by atoms with E-state index in [1.807, 2.05) is 24.3 Å². The van der Waals surface area contributed by atoms with Crippen LogP contribution in [-0.4, -0.2) is 43.2 Å². The number of anilines is 1. The van der Waals surface area contributed by atoms with E-state index in [0.717, 1.165) is 10.8 Å². The van der Waals surface area contributed by atoms with Gasteiger partial charge in [0.05, 0.1) is 23.0 Å². The lowest BCUT2D eigenvalue weighted by atomic mass is 10.1. The second-order valence-electron chi connectivity index (χ2n) is 7.41. The summed E-state index contributed by atoms with van der Waals surface area (Å²) in [6.07, 6.45) is 0.832. The molecule has 10 heteroatoms. The highest BCUT2D eigenvalue weighted by molar-refractivity contribution is 7.89. The van der Waals surface area contributed by atoms with E-state index in [2.05, 4.69) is 5.32 Å². The van der Waals surface area contributed by atoms with Crippen molar-refractivity contribution in [1.29, 1.82) is 0 Å². The lowest BCUT2D eigenvalue weighted by molar-refractivity contribution is -0.384. The van der Waals surface area contributed by atoms with Crippen LogP contribution in [-0.2, 0) is 14.8 Å². The zero-order valence-electron chi connectivity index (χ0n) is 17.2. The first-order chi connectivity index (χ1) is 15.3. The van der Waals surface area contributed by atoms with Gasteiger partial charge in [-0.15, -0.1) is 0 Å². The van der Waals surface area contributed by atoms with Gasteiger partial charge in [-0.25, -0.2) is 8.42 Å². The Bertz CT molecular complexity index is 1310. The van der Waals surface area contributed by atoms with E-state index in [9.17, 15) is 23.3 Å². The molecule has 0 saturated carbocycles. The van der Waals surface area contributed by atoms with E-state index >= 15 is 0 Å². The predicted molar refractivity (Wildman–Crippen MR) is 119 cm³/mol. The molecule has 1 heterocycles. The summed E-state index contributed by atoms with van der Waals surface area (Å²) in [5.74, 6) is -0.337. The number of benzene rings is 3. The maximum atomic E-state index is 13.3. The van der Waals surface area contributed by atoms with Gasteiger partial charge in [-0.3, -0.25) is 14.9 Å². The fourth-order valence-corrected chi connectivity index (χ4v) is 5.56. The number of nitrogens with zero attached hydrogens (tertiary/aromatic N) is 2. The molecule has 9 nitrogen and oxygen atoms in total. The van der Waals surface area contributed by atoms with Crippen LogP contribution in [0.25, 0.3) is 10.8 Å². The van der Waals surface area contributed by atoms with Gasteiger partial charge in [-0.2, -0.15) is 4.31 Å². The normalized spacial score (nSPS) is 16.7. The van der Waals surface area contributed by atoms with E-state index in [1.165, 1.54) is 35.7 Å². The molecule has 3 aromatic carbocycles. The fraction of sp³-hybridized carbons (Fsp3) is 0.227. The number of amides is 1. The average molecular weight is 455 g/mol. The molecule has 4 rings (SSSR count). The number of rotatable bonds is 6. The zero-order valence-corrected chi connectivity index (χ0v) is 18.0. The minimum absolute atomic E-state index is 0.0178. The van der Waals surface area contributed by atoms with E-state index in [4.69, 9.17) is 4.74 Å². The quantitative estimate of drug-likeness (QED) is 0.448. The molecular formula is C22H21N3O6S. The number of ether oxygens (including phenoxy) is 1. The van der Waals surface area contributed by atoms with Gasteiger partial charge in [0.1, 0.15) is 17.5 Å². The third-order valence-electron chi connectivity index (χ3n) is 5.49. The number of nitrogens with one attached hydrogen (secondary N) is 1. The molecule has 1 fully saturated rings. The molecule has 32 heavy (non-hydrogen) atoms. The maximum absolute atomic E-state index is 13.3. The Morgan fingerprint density at radius 2 is 1.88 bits per heavy atom. The van der Waals surface area contributed by atoms with Gasteiger partial charge in [0, 0.05) is 6.54 Å². The summed E-state index contributed by atoms with van der Waals surface area (Å²) in [7, 11) is -2.55. The number of nitro benzene ring substituents is 1. The Hall–Kier alpha value is -3.50. The molecule has 0 aliphatic carbocycles. The molecule has 0 bridgehead atoms. The van der Waals surface area contributed by atoms with Gasteiger partial charge in [0.15, 0.2) is 0 Å². The number of fused-ring (bicyclic) bond motifs is 1. The van der Waals surface area contributed by atoms with Gasteiger partial charge in [0.25, 0.3) is 5.69 Å². The highest BCUT2D eigenvalue weighted by Gasteiger charge is 2.40. The van der Waals surface area contributed by atoms with Gasteiger partial charge in [-0.05, 0) is 47.9 Å². The number of carbonyl (C=O) groups is 1.